The van der Waals surface area contributed by atoms with E-state index in [9.17, 15) is 75.1 Å². The lowest BCUT2D eigenvalue weighted by molar-refractivity contribution is -0.146. The minimum absolute atomic E-state index is 0.0730. The molecular weight excluding hydrogens is 1320 g/mol. The summed E-state index contributed by atoms with van der Waals surface area (Å²) in [5.74, 6) is -5.18. The molecule has 0 saturated carbocycles. The van der Waals surface area contributed by atoms with Crippen LogP contribution >= 0.6 is 0 Å². The van der Waals surface area contributed by atoms with Gasteiger partial charge in [-0.05, 0) is 145 Å². The predicted octanol–water partition coefficient (Wildman–Crippen LogP) is 16.0. The van der Waals surface area contributed by atoms with Gasteiger partial charge in [0.05, 0.1) is 79.3 Å². The zero-order valence-electron chi connectivity index (χ0n) is 67.2. The Kier molecular flexibility index (Phi) is 109. The number of carbonyl (C=O) groups is 12. The van der Waals surface area contributed by atoms with E-state index in [0.29, 0.717) is 128 Å². The summed E-state index contributed by atoms with van der Waals surface area (Å²) in [7, 11) is 0. The first-order valence-electron chi connectivity index (χ1n) is 34.5. The smallest absolute Gasteiger partial charge is 0.305 e. The van der Waals surface area contributed by atoms with Gasteiger partial charge < -0.3 is 56.8 Å². The number of esters is 12. The largest absolute Gasteiger partial charge is 0.466 e. The number of ether oxygens (including phenoxy) is 12. The van der Waals surface area contributed by atoms with Crippen molar-refractivity contribution in [1.82, 2.24) is 0 Å². The van der Waals surface area contributed by atoms with E-state index in [1.165, 1.54) is 48.5 Å². The Labute approximate surface area is 600 Å². The molecule has 0 fully saturated rings. The Hall–Kier alpha value is -6.64. The van der Waals surface area contributed by atoms with Crippen LogP contribution in [0.15, 0.2) is 0 Å². The Morgan fingerprint density at radius 2 is 0.370 bits per heavy atom. The average Bonchev–Trinajstić information content (AvgIpc) is 1.38. The van der Waals surface area contributed by atoms with E-state index in [0.717, 1.165) is 46.0 Å². The van der Waals surface area contributed by atoms with Crippen molar-refractivity contribution in [3.63, 3.8) is 0 Å². The minimum atomic E-state index is -2.75. The fourth-order valence-electron chi connectivity index (χ4n) is 4.98. The van der Waals surface area contributed by atoms with Crippen molar-refractivity contribution in [3.05, 3.63) is 0 Å². The summed E-state index contributed by atoms with van der Waals surface area (Å²) in [6.07, 6.45) is 6.20. The zero-order chi connectivity index (χ0) is 81.3. The quantitative estimate of drug-likeness (QED) is 0.0353. The number of rotatable bonds is 31. The van der Waals surface area contributed by atoms with Crippen molar-refractivity contribution >= 4 is 71.6 Å². The molecule has 0 rings (SSSR count). The van der Waals surface area contributed by atoms with Gasteiger partial charge in [0.25, 0.3) is 0 Å². The first kappa shape index (κ1) is 120. The van der Waals surface area contributed by atoms with Gasteiger partial charge in [0, 0.05) is 93.4 Å². The number of hydrogen-bond acceptors (Lipinski definition) is 24. The minimum Gasteiger partial charge on any atom is -0.466 e. The molecule has 0 spiro atoms. The molecule has 0 aromatic carbocycles. The van der Waals surface area contributed by atoms with Crippen LogP contribution in [0.2, 0.25) is 0 Å². The molecule has 0 saturated heterocycles. The van der Waals surface area contributed by atoms with Gasteiger partial charge in [-0.3, -0.25) is 57.5 Å². The van der Waals surface area contributed by atoms with Crippen LogP contribution in [0.5, 0.6) is 0 Å². The van der Waals surface area contributed by atoms with E-state index in [2.05, 4.69) is 93.3 Å². The lowest BCUT2D eigenvalue weighted by Crippen LogP contribution is -2.16. The van der Waals surface area contributed by atoms with Crippen molar-refractivity contribution < 1.29 is 132 Å². The van der Waals surface area contributed by atoms with Gasteiger partial charge in [0.1, 0.15) is 0 Å². The molecule has 24 nitrogen and oxygen atoms in total. The molecule has 28 heteroatoms. The first-order chi connectivity index (χ1) is 46.0. The SMILES string of the molecule is CC(=O)OCCC(C)(F)F.CC(C)CCC(=O)OCCC(C)(F)F.CCOC(=O)CCC(C)C.CCOC(=O)CCC(C)C.CCOC(=O)CCC(C)C.CCOC(=O)CCC(C)C.CCOC(C)=O.CCOC(C)=O.CCOC(C)=O.CCOC(C)=O.CCOC(C)=O.CCOC(C)=O. The molecule has 0 unspecified atom stereocenters. The molecule has 0 atom stereocenters. The predicted molar refractivity (Wildman–Crippen MR) is 379 cm³/mol. The van der Waals surface area contributed by atoms with E-state index in [1.54, 1.807) is 41.5 Å². The van der Waals surface area contributed by atoms with Crippen molar-refractivity contribution in [1.29, 1.82) is 0 Å². The first-order valence-corrected chi connectivity index (χ1v) is 34.5. The fourth-order valence-corrected chi connectivity index (χ4v) is 4.98. The molecule has 0 amide bonds. The van der Waals surface area contributed by atoms with Gasteiger partial charge in [-0.25, -0.2) is 17.6 Å². The van der Waals surface area contributed by atoms with Gasteiger partial charge in [0.15, 0.2) is 0 Å². The maximum atomic E-state index is 12.3. The lowest BCUT2D eigenvalue weighted by Gasteiger charge is -2.10. The molecule has 0 bridgehead atoms. The molecule has 0 aliphatic rings. The molecule has 0 radical (unpaired) electrons. The molecule has 0 aliphatic carbocycles. The molecule has 0 heterocycles. The number of alkyl halides is 4. The van der Waals surface area contributed by atoms with Crippen LogP contribution in [0.25, 0.3) is 0 Å². The number of carbonyl (C=O) groups excluding carboxylic acids is 12. The lowest BCUT2D eigenvalue weighted by atomic mass is 10.1. The van der Waals surface area contributed by atoms with Gasteiger partial charge >= 0.3 is 71.6 Å². The van der Waals surface area contributed by atoms with Crippen LogP contribution in [0.4, 0.5) is 17.6 Å². The van der Waals surface area contributed by atoms with E-state index in [4.69, 9.17) is 18.9 Å². The van der Waals surface area contributed by atoms with Crippen LogP contribution in [-0.2, 0) is 114 Å². The van der Waals surface area contributed by atoms with Crippen LogP contribution in [0.3, 0.4) is 0 Å². The summed E-state index contributed by atoms with van der Waals surface area (Å²) in [4.78, 5) is 123. The Balaban J connectivity index is -0.0000000854. The van der Waals surface area contributed by atoms with Crippen LogP contribution < -0.4 is 0 Å². The third-order valence-electron chi connectivity index (χ3n) is 9.59. The van der Waals surface area contributed by atoms with Crippen LogP contribution in [0.1, 0.15) is 278 Å². The van der Waals surface area contributed by atoms with E-state index < -0.39 is 30.7 Å². The van der Waals surface area contributed by atoms with Crippen molar-refractivity contribution in [2.75, 3.05) is 79.3 Å². The second-order valence-electron chi connectivity index (χ2n) is 22.6. The second-order valence-corrected chi connectivity index (χ2v) is 22.6. The Morgan fingerprint density at radius 1 is 0.240 bits per heavy atom. The highest BCUT2D eigenvalue weighted by Gasteiger charge is 2.22. The van der Waals surface area contributed by atoms with Gasteiger partial charge in [-0.2, -0.15) is 0 Å². The van der Waals surface area contributed by atoms with E-state index in [-0.39, 0.29) is 78.9 Å². The average molecular weight is 1470 g/mol. The second kappa shape index (κ2) is 90.4. The Bertz CT molecular complexity index is 1710. The molecule has 0 aliphatic heterocycles. The molecule has 100 heavy (non-hydrogen) atoms. The van der Waals surface area contributed by atoms with Gasteiger partial charge in [-0.15, -0.1) is 0 Å². The normalized spacial score (nSPS) is 9.54. The summed E-state index contributed by atoms with van der Waals surface area (Å²) in [6.45, 7) is 54.4. The van der Waals surface area contributed by atoms with Crippen LogP contribution in [0, 0.1) is 29.6 Å². The third-order valence-corrected chi connectivity index (χ3v) is 9.59. The molecule has 0 aromatic heterocycles. The summed E-state index contributed by atoms with van der Waals surface area (Å²) >= 11 is 0. The molecule has 600 valence electrons. The monoisotopic (exact) mass is 1460 g/mol. The van der Waals surface area contributed by atoms with Gasteiger partial charge in [0.2, 0.25) is 11.8 Å². The summed E-state index contributed by atoms with van der Waals surface area (Å²) in [6, 6.07) is 0. The summed E-state index contributed by atoms with van der Waals surface area (Å²) < 4.78 is 103. The van der Waals surface area contributed by atoms with E-state index in [1.807, 2.05) is 41.5 Å². The summed E-state index contributed by atoms with van der Waals surface area (Å²) in [5.41, 5.74) is 0. The third kappa shape index (κ3) is 192. The zero-order valence-corrected chi connectivity index (χ0v) is 67.2. The highest BCUT2D eigenvalue weighted by atomic mass is 19.3. The maximum absolute atomic E-state index is 12.3. The standard InChI is InChI=1S/C10H18F2O2.4C8H16O2.C6H10F2O2.6C4H8O2/c1-8(2)4-5-9(13)14-7-6-10(3,11)12;4*1-4-10-8(9)6-5-7(2)3;1-5(9)10-4-3-6(2,7)8;6*1-3-6-4(2)5/h8H,4-7H2,1-3H3;4*7H,4-6H2,1-3H3;3-4H2,1-2H3;6*3H2,1-2H3. The maximum Gasteiger partial charge on any atom is 0.305 e. The number of halogens is 4. The Morgan fingerprint density at radius 3 is 0.470 bits per heavy atom. The molecule has 0 N–H and O–H groups in total. The van der Waals surface area contributed by atoms with Crippen LogP contribution in [-0.4, -0.2) is 163 Å². The van der Waals surface area contributed by atoms with E-state index >= 15 is 0 Å². The topological polar surface area (TPSA) is 316 Å². The highest BCUT2D eigenvalue weighted by Crippen LogP contribution is 2.17. The fraction of sp³-hybridized carbons (Fsp3) is 0.833. The molecular formula is C72H140F4O24. The van der Waals surface area contributed by atoms with Crippen molar-refractivity contribution in [2.24, 2.45) is 29.6 Å². The van der Waals surface area contributed by atoms with Gasteiger partial charge in [-0.1, -0.05) is 69.2 Å². The number of hydrogen-bond donors (Lipinski definition) is 0. The van der Waals surface area contributed by atoms with Crippen molar-refractivity contribution in [2.45, 2.75) is 290 Å². The molecule has 0 aromatic rings. The highest BCUT2D eigenvalue weighted by molar-refractivity contribution is 5.71. The summed E-state index contributed by atoms with van der Waals surface area (Å²) in [5, 5.41) is 0. The van der Waals surface area contributed by atoms with Crippen molar-refractivity contribution in [3.8, 4) is 0 Å².